The topological polar surface area (TPSA) is 101 Å². The molecule has 2 amide bonds. The third-order valence-corrected chi connectivity index (χ3v) is 4.07. The summed E-state index contributed by atoms with van der Waals surface area (Å²) >= 11 is 1.40. The van der Waals surface area contributed by atoms with E-state index < -0.39 is 0 Å². The molecule has 0 aromatic carbocycles. The maximum atomic E-state index is 11.5. The molecule has 0 atom stereocenters. The van der Waals surface area contributed by atoms with Crippen LogP contribution in [0.3, 0.4) is 0 Å². The summed E-state index contributed by atoms with van der Waals surface area (Å²) in [5.41, 5.74) is 8.43. The van der Waals surface area contributed by atoms with Crippen LogP contribution in [0.5, 0.6) is 0 Å². The smallest absolute Gasteiger partial charge is 0.275 e. The van der Waals surface area contributed by atoms with Crippen molar-refractivity contribution in [1.82, 2.24) is 10.3 Å². The van der Waals surface area contributed by atoms with Crippen molar-refractivity contribution < 1.29 is 9.59 Å². The summed E-state index contributed by atoms with van der Waals surface area (Å²) < 4.78 is 0. The van der Waals surface area contributed by atoms with Crippen LogP contribution in [0.25, 0.3) is 0 Å². The van der Waals surface area contributed by atoms with Crippen LogP contribution >= 0.6 is 11.3 Å². The summed E-state index contributed by atoms with van der Waals surface area (Å²) in [6.45, 7) is 5.71. The van der Waals surface area contributed by atoms with E-state index in [0.29, 0.717) is 11.4 Å². The number of carbonyl (C=O) groups excluding carboxylic acids is 2. The zero-order valence-corrected chi connectivity index (χ0v) is 12.8. The average molecular weight is 298 g/mol. The highest BCUT2D eigenvalue weighted by molar-refractivity contribution is 7.14. The van der Waals surface area contributed by atoms with E-state index in [1.165, 1.54) is 11.3 Å². The number of rotatable bonds is 8. The minimum atomic E-state index is -0.339. The maximum Gasteiger partial charge on any atom is 0.275 e. The number of unbranched alkanes of at least 4 members (excludes halogenated alkanes) is 1. The van der Waals surface area contributed by atoms with Crippen molar-refractivity contribution in [2.75, 3.05) is 13.1 Å². The van der Waals surface area contributed by atoms with Crippen molar-refractivity contribution in [3.8, 4) is 0 Å². The summed E-state index contributed by atoms with van der Waals surface area (Å²) in [7, 11) is 0. The van der Waals surface area contributed by atoms with Gasteiger partial charge >= 0.3 is 0 Å². The summed E-state index contributed by atoms with van der Waals surface area (Å²) in [6.07, 6.45) is 2.06. The summed E-state index contributed by atoms with van der Waals surface area (Å²) in [5, 5.41) is 0. The van der Waals surface area contributed by atoms with Crippen LogP contribution < -0.4 is 17.0 Å². The van der Waals surface area contributed by atoms with Crippen LogP contribution in [0.1, 0.15) is 39.9 Å². The molecular formula is C13H22N4O2S. The van der Waals surface area contributed by atoms with Gasteiger partial charge in [0.05, 0.1) is 11.4 Å². The first kappa shape index (κ1) is 16.6. The van der Waals surface area contributed by atoms with Gasteiger partial charge in [0.25, 0.3) is 5.91 Å². The average Bonchev–Trinajstić information content (AvgIpc) is 2.76. The number of hydrazine groups is 1. The molecule has 1 aromatic rings. The number of nitrogen functional groups attached to an aromatic ring is 1. The van der Waals surface area contributed by atoms with E-state index in [-0.39, 0.29) is 18.4 Å². The Labute approximate surface area is 123 Å². The van der Waals surface area contributed by atoms with Crippen molar-refractivity contribution in [2.45, 2.75) is 33.2 Å². The Morgan fingerprint density at radius 3 is 2.70 bits per heavy atom. The predicted octanol–water partition coefficient (Wildman–Crippen LogP) is 0.747. The minimum Gasteiger partial charge on any atom is -0.369 e. The predicted molar refractivity (Wildman–Crippen MR) is 80.1 cm³/mol. The Bertz CT molecular complexity index is 473. The molecule has 0 bridgehead atoms. The van der Waals surface area contributed by atoms with Crippen LogP contribution in [0.4, 0.5) is 0 Å². The molecule has 112 valence electrons. The molecule has 0 fully saturated rings. The molecule has 0 aliphatic heterocycles. The number of amides is 2. The first-order valence-electron chi connectivity index (χ1n) is 6.58. The second-order valence-electron chi connectivity index (χ2n) is 4.70. The Morgan fingerprint density at radius 1 is 1.45 bits per heavy atom. The quantitative estimate of drug-likeness (QED) is 0.374. The molecule has 20 heavy (non-hydrogen) atoms. The van der Waals surface area contributed by atoms with Gasteiger partial charge in [-0.25, -0.2) is 5.84 Å². The monoisotopic (exact) mass is 298 g/mol. The van der Waals surface area contributed by atoms with Gasteiger partial charge in [-0.1, -0.05) is 13.3 Å². The second kappa shape index (κ2) is 7.98. The highest BCUT2D eigenvalue weighted by atomic mass is 32.1. The molecule has 1 heterocycles. The molecule has 0 saturated carbocycles. The van der Waals surface area contributed by atoms with E-state index in [1.54, 1.807) is 0 Å². The molecular weight excluding hydrogens is 276 g/mol. The zero-order chi connectivity index (χ0) is 15.1. The molecule has 0 aliphatic rings. The molecule has 0 aliphatic carbocycles. The molecule has 0 radical (unpaired) electrons. The van der Waals surface area contributed by atoms with E-state index in [2.05, 4.69) is 12.3 Å². The van der Waals surface area contributed by atoms with Gasteiger partial charge in [0.2, 0.25) is 5.91 Å². The fourth-order valence-electron chi connectivity index (χ4n) is 1.92. The largest absolute Gasteiger partial charge is 0.369 e. The maximum absolute atomic E-state index is 11.5. The van der Waals surface area contributed by atoms with Crippen molar-refractivity contribution in [2.24, 2.45) is 11.6 Å². The van der Waals surface area contributed by atoms with Crippen molar-refractivity contribution >= 4 is 23.2 Å². The van der Waals surface area contributed by atoms with Crippen molar-refractivity contribution in [3.05, 3.63) is 21.4 Å². The van der Waals surface area contributed by atoms with Gasteiger partial charge < -0.3 is 5.73 Å². The van der Waals surface area contributed by atoms with E-state index in [0.717, 1.165) is 29.8 Å². The van der Waals surface area contributed by atoms with Crippen LogP contribution in [0.2, 0.25) is 0 Å². The van der Waals surface area contributed by atoms with Gasteiger partial charge in [0.15, 0.2) is 0 Å². The zero-order valence-electron chi connectivity index (χ0n) is 11.9. The number of aryl methyl sites for hydroxylation is 1. The van der Waals surface area contributed by atoms with Crippen LogP contribution in [-0.4, -0.2) is 29.8 Å². The Balaban J connectivity index is 2.78. The highest BCUT2D eigenvalue weighted by Gasteiger charge is 2.15. The number of primary amides is 1. The number of thiophene rings is 1. The molecule has 7 heteroatoms. The number of hydrogen-bond donors (Lipinski definition) is 3. The van der Waals surface area contributed by atoms with E-state index in [9.17, 15) is 9.59 Å². The molecule has 1 rings (SSSR count). The van der Waals surface area contributed by atoms with Crippen molar-refractivity contribution in [1.29, 1.82) is 0 Å². The molecule has 0 saturated heterocycles. The number of hydrogen-bond acceptors (Lipinski definition) is 5. The van der Waals surface area contributed by atoms with Gasteiger partial charge in [0, 0.05) is 11.4 Å². The van der Waals surface area contributed by atoms with Gasteiger partial charge in [-0.2, -0.15) is 0 Å². The molecule has 5 N–H and O–H groups in total. The fraction of sp³-hybridized carbons (Fsp3) is 0.538. The minimum absolute atomic E-state index is 0.230. The third kappa shape index (κ3) is 4.92. The lowest BCUT2D eigenvalue weighted by Crippen LogP contribution is -2.34. The van der Waals surface area contributed by atoms with E-state index in [4.69, 9.17) is 11.6 Å². The van der Waals surface area contributed by atoms with Crippen LogP contribution in [-0.2, 0) is 11.3 Å². The lowest BCUT2D eigenvalue weighted by atomic mass is 10.2. The lowest BCUT2D eigenvalue weighted by Gasteiger charge is -2.20. The number of carbonyl (C=O) groups is 2. The number of nitrogens with two attached hydrogens (primary N) is 2. The Morgan fingerprint density at radius 2 is 2.15 bits per heavy atom. The SMILES string of the molecule is CCCCN(CC(N)=O)Cc1cc(C(=O)NN)sc1C. The third-order valence-electron chi connectivity index (χ3n) is 2.98. The Kier molecular flexibility index (Phi) is 6.63. The first-order chi connectivity index (χ1) is 9.47. The molecule has 1 aromatic heterocycles. The van der Waals surface area contributed by atoms with Gasteiger partial charge in [-0.15, -0.1) is 11.3 Å². The van der Waals surface area contributed by atoms with E-state index >= 15 is 0 Å². The van der Waals surface area contributed by atoms with Gasteiger partial charge in [-0.05, 0) is 31.5 Å². The fourth-order valence-corrected chi connectivity index (χ4v) is 2.85. The van der Waals surface area contributed by atoms with Crippen molar-refractivity contribution in [3.63, 3.8) is 0 Å². The van der Waals surface area contributed by atoms with E-state index in [1.807, 2.05) is 17.9 Å². The summed E-state index contributed by atoms with van der Waals surface area (Å²) in [6, 6.07) is 1.82. The Hall–Kier alpha value is -1.44. The summed E-state index contributed by atoms with van der Waals surface area (Å²) in [4.78, 5) is 26.2. The second-order valence-corrected chi connectivity index (χ2v) is 5.95. The first-order valence-corrected chi connectivity index (χ1v) is 7.40. The number of nitrogens with zero attached hydrogens (tertiary/aromatic N) is 1. The molecule has 0 spiro atoms. The normalized spacial score (nSPS) is 10.8. The molecule has 6 nitrogen and oxygen atoms in total. The standard InChI is InChI=1S/C13H22N4O2S/c1-3-4-5-17(8-12(14)18)7-10-6-11(13(19)16-15)20-9(10)2/h6H,3-5,7-8,15H2,1-2H3,(H2,14,18)(H,16,19). The highest BCUT2D eigenvalue weighted by Crippen LogP contribution is 2.23. The van der Waals surface area contributed by atoms with Gasteiger partial charge in [0.1, 0.15) is 0 Å². The van der Waals surface area contributed by atoms with Gasteiger partial charge in [-0.3, -0.25) is 19.9 Å². The molecule has 0 unspecified atom stereocenters. The van der Waals surface area contributed by atoms with Crippen LogP contribution in [0, 0.1) is 6.92 Å². The summed E-state index contributed by atoms with van der Waals surface area (Å²) in [5.74, 6) is 4.50. The lowest BCUT2D eigenvalue weighted by molar-refractivity contribution is -0.119. The van der Waals surface area contributed by atoms with Crippen LogP contribution in [0.15, 0.2) is 6.07 Å². The number of nitrogens with one attached hydrogen (secondary N) is 1.